The van der Waals surface area contributed by atoms with Crippen LogP contribution in [0.25, 0.3) is 0 Å². The van der Waals surface area contributed by atoms with Crippen LogP contribution in [0.15, 0.2) is 33.7 Å². The summed E-state index contributed by atoms with van der Waals surface area (Å²) in [5.74, 6) is -5.21. The predicted octanol–water partition coefficient (Wildman–Crippen LogP) is 2.88. The molecule has 0 saturated heterocycles. The maximum absolute atomic E-state index is 12.2. The first kappa shape index (κ1) is 37.7. The summed E-state index contributed by atoms with van der Waals surface area (Å²) < 4.78 is 152. The molecule has 0 atom stereocenters. The number of alkyl halides is 12. The summed E-state index contributed by atoms with van der Waals surface area (Å²) in [6.45, 7) is -1.39. The van der Waals surface area contributed by atoms with Gasteiger partial charge in [-0.3, -0.25) is 9.98 Å². The van der Waals surface area contributed by atoms with Gasteiger partial charge in [-0.2, -0.15) is 52.7 Å². The van der Waals surface area contributed by atoms with E-state index in [1.807, 2.05) is 0 Å². The number of methoxy groups -OCH3 is 2. The first-order valence-corrected chi connectivity index (χ1v) is 8.30. The van der Waals surface area contributed by atoms with Crippen LogP contribution in [0, 0.1) is 0 Å². The maximum atomic E-state index is 12.2. The Kier molecular flexibility index (Phi) is 17.3. The van der Waals surface area contributed by atoms with E-state index in [1.54, 1.807) is 0 Å². The number of ether oxygens (including phenoxy) is 2. The third-order valence-electron chi connectivity index (χ3n) is 2.83. The van der Waals surface area contributed by atoms with Crippen LogP contribution in [-0.2, 0) is 29.9 Å². The van der Waals surface area contributed by atoms with Crippen molar-refractivity contribution in [1.82, 2.24) is 0 Å². The van der Waals surface area contributed by atoms with Crippen LogP contribution in [0.3, 0.4) is 0 Å². The van der Waals surface area contributed by atoms with Gasteiger partial charge in [-0.1, -0.05) is 0 Å². The van der Waals surface area contributed by atoms with Gasteiger partial charge in [0.1, 0.15) is 11.4 Å². The summed E-state index contributed by atoms with van der Waals surface area (Å²) >= 11 is 0. The zero-order valence-corrected chi connectivity index (χ0v) is 18.9. The fourth-order valence-corrected chi connectivity index (χ4v) is 1.36. The van der Waals surface area contributed by atoms with Gasteiger partial charge in [-0.25, -0.2) is 0 Å². The minimum Gasteiger partial charge on any atom is -0.869 e. The predicted molar refractivity (Wildman–Crippen MR) is 88.7 cm³/mol. The van der Waals surface area contributed by atoms with Gasteiger partial charge in [-0.15, -0.1) is 0 Å². The molecular formula is C16H16F12N2O4Pd. The van der Waals surface area contributed by atoms with Crippen molar-refractivity contribution in [2.75, 3.05) is 40.5 Å². The third kappa shape index (κ3) is 18.1. The van der Waals surface area contributed by atoms with E-state index in [2.05, 4.69) is 19.5 Å². The minimum absolute atomic E-state index is 0. The van der Waals surface area contributed by atoms with Crippen LogP contribution < -0.4 is 10.2 Å². The molecule has 0 unspecified atom stereocenters. The van der Waals surface area contributed by atoms with Crippen LogP contribution in [0.4, 0.5) is 52.7 Å². The van der Waals surface area contributed by atoms with Crippen molar-refractivity contribution in [2.45, 2.75) is 24.7 Å². The fourth-order valence-electron chi connectivity index (χ4n) is 1.36. The van der Waals surface area contributed by atoms with E-state index in [0.29, 0.717) is 0 Å². The second-order valence-electron chi connectivity index (χ2n) is 5.53. The molecule has 0 aliphatic rings. The summed E-state index contributed by atoms with van der Waals surface area (Å²) in [6, 6.07) is 0. The largest absolute Gasteiger partial charge is 2.00 e. The molecule has 208 valence electrons. The average molecular weight is 635 g/mol. The number of nitrogens with zero attached hydrogens (tertiary/aromatic N) is 2. The molecule has 0 amide bonds. The molecular weight excluding hydrogens is 619 g/mol. The zero-order valence-electron chi connectivity index (χ0n) is 17.4. The topological polar surface area (TPSA) is 89.3 Å². The van der Waals surface area contributed by atoms with Crippen molar-refractivity contribution in [1.29, 1.82) is 0 Å². The quantitative estimate of drug-likeness (QED) is 0.135. The zero-order chi connectivity index (χ0) is 27.4. The minimum atomic E-state index is -5.35. The molecule has 0 saturated carbocycles. The number of hydrogen-bond donors (Lipinski definition) is 0. The molecule has 0 fully saturated rings. The average Bonchev–Trinajstić information content (AvgIpc) is 2.63. The van der Waals surface area contributed by atoms with Crippen LogP contribution in [0.5, 0.6) is 0 Å². The van der Waals surface area contributed by atoms with E-state index < -0.39 is 72.9 Å². The summed E-state index contributed by atoms with van der Waals surface area (Å²) in [7, 11) is 2.38. The van der Waals surface area contributed by atoms with Crippen molar-refractivity contribution in [3.63, 3.8) is 0 Å². The first-order valence-electron chi connectivity index (χ1n) is 8.30. The summed E-state index contributed by atoms with van der Waals surface area (Å²) in [6.07, 6.45) is -22.1. The third-order valence-corrected chi connectivity index (χ3v) is 2.83. The Morgan fingerprint density at radius 2 is 0.857 bits per heavy atom. The standard InChI is InChI=1S/2C8H9F6NO2.Pd/c2*1-17-3-2-15-5(7(9,10)11)4-6(16)8(12,13)14;/h2*4,16H,2-3H2,1H3;/q;;+2/p-2/b2*6-4-,15-5?;. The molecule has 0 rings (SSSR count). The molecule has 6 nitrogen and oxygen atoms in total. The Balaban J connectivity index is -0.000000569. The van der Waals surface area contributed by atoms with E-state index >= 15 is 0 Å². The van der Waals surface area contributed by atoms with Gasteiger partial charge in [0.05, 0.1) is 26.3 Å². The Bertz CT molecular complexity index is 677. The Hall–Kier alpha value is -1.84. The monoisotopic (exact) mass is 634 g/mol. The van der Waals surface area contributed by atoms with Gasteiger partial charge in [-0.05, 0) is 23.7 Å². The first-order chi connectivity index (χ1) is 15.2. The van der Waals surface area contributed by atoms with Crippen LogP contribution in [-0.4, -0.2) is 76.7 Å². The van der Waals surface area contributed by atoms with Crippen LogP contribution in [0.2, 0.25) is 0 Å². The molecule has 0 aromatic rings. The molecule has 0 aromatic heterocycles. The molecule has 0 heterocycles. The molecule has 0 radical (unpaired) electrons. The van der Waals surface area contributed by atoms with Crippen LogP contribution >= 0.6 is 0 Å². The van der Waals surface area contributed by atoms with Crippen molar-refractivity contribution in [3.8, 4) is 0 Å². The number of halogens is 12. The van der Waals surface area contributed by atoms with Gasteiger partial charge in [0, 0.05) is 14.2 Å². The molecule has 0 aromatic carbocycles. The summed E-state index contributed by atoms with van der Waals surface area (Å²) in [4.78, 5) is 5.66. The number of rotatable bonds is 8. The van der Waals surface area contributed by atoms with Crippen LogP contribution in [0.1, 0.15) is 0 Å². The number of allylic oxidation sites excluding steroid dienone is 4. The molecule has 0 spiro atoms. The molecule has 0 N–H and O–H groups in total. The Labute approximate surface area is 203 Å². The van der Waals surface area contributed by atoms with E-state index in [-0.39, 0.29) is 33.6 Å². The van der Waals surface area contributed by atoms with E-state index in [0.717, 1.165) is 0 Å². The van der Waals surface area contributed by atoms with Gasteiger partial charge < -0.3 is 19.7 Å². The van der Waals surface area contributed by atoms with Crippen molar-refractivity contribution in [3.05, 3.63) is 23.7 Å². The Morgan fingerprint density at radius 3 is 1.03 bits per heavy atom. The normalized spacial score (nSPS) is 14.8. The molecule has 0 bridgehead atoms. The van der Waals surface area contributed by atoms with Crippen molar-refractivity contribution >= 4 is 11.4 Å². The van der Waals surface area contributed by atoms with E-state index in [1.165, 1.54) is 14.2 Å². The summed E-state index contributed by atoms with van der Waals surface area (Å²) in [5, 5.41) is 20.7. The maximum Gasteiger partial charge on any atom is 2.00 e. The number of aliphatic imine (C=N–C) groups is 2. The fraction of sp³-hybridized carbons (Fsp3) is 0.625. The second-order valence-corrected chi connectivity index (χ2v) is 5.53. The van der Waals surface area contributed by atoms with Crippen molar-refractivity contribution < 1.29 is 92.8 Å². The van der Waals surface area contributed by atoms with Crippen molar-refractivity contribution in [2.24, 2.45) is 9.98 Å². The van der Waals surface area contributed by atoms with Gasteiger partial charge >= 0.3 is 45.1 Å². The smallest absolute Gasteiger partial charge is 0.869 e. The number of hydrogen-bond acceptors (Lipinski definition) is 6. The summed E-state index contributed by atoms with van der Waals surface area (Å²) in [5.41, 5.74) is -3.76. The molecule has 0 aliphatic carbocycles. The van der Waals surface area contributed by atoms with E-state index in [9.17, 15) is 62.9 Å². The second kappa shape index (κ2) is 16.0. The van der Waals surface area contributed by atoms with E-state index in [4.69, 9.17) is 0 Å². The molecule has 19 heteroatoms. The molecule has 0 aliphatic heterocycles. The van der Waals surface area contributed by atoms with Gasteiger partial charge in [0.25, 0.3) is 0 Å². The Morgan fingerprint density at radius 1 is 0.600 bits per heavy atom. The van der Waals surface area contributed by atoms with Gasteiger partial charge in [0.2, 0.25) is 0 Å². The SMILES string of the molecule is COCCN=C(/C=C(\[O-])C(F)(F)F)C(F)(F)F.COCCN=C(/C=C(\[O-])C(F)(F)F)C(F)(F)F.[Pd+2]. The van der Waals surface area contributed by atoms with Gasteiger partial charge in [0.15, 0.2) is 0 Å². The molecule has 35 heavy (non-hydrogen) atoms.